The lowest BCUT2D eigenvalue weighted by Crippen LogP contribution is -2.41. The molecule has 3 aromatic rings. The van der Waals surface area contributed by atoms with Gasteiger partial charge in [-0.15, -0.1) is 0 Å². The lowest BCUT2D eigenvalue weighted by atomic mass is 10.1. The zero-order valence-electron chi connectivity index (χ0n) is 16.1. The third-order valence-corrected chi connectivity index (χ3v) is 5.28. The molecule has 0 saturated heterocycles. The van der Waals surface area contributed by atoms with Crippen molar-refractivity contribution in [2.45, 2.75) is 19.0 Å². The zero-order chi connectivity index (χ0) is 19.9. The van der Waals surface area contributed by atoms with E-state index in [-0.39, 0.29) is 5.91 Å². The van der Waals surface area contributed by atoms with Crippen LogP contribution < -0.4 is 5.32 Å². The summed E-state index contributed by atoms with van der Waals surface area (Å²) in [6, 6.07) is 17.2. The van der Waals surface area contributed by atoms with Crippen LogP contribution in [0.2, 0.25) is 0 Å². The Hall–Kier alpha value is -2.73. The topological polar surface area (TPSA) is 60.3 Å². The number of rotatable bonds is 8. The molecule has 0 saturated carbocycles. The van der Waals surface area contributed by atoms with Crippen LogP contribution in [0, 0.1) is 0 Å². The maximum atomic E-state index is 12.7. The third kappa shape index (κ3) is 4.75. The summed E-state index contributed by atoms with van der Waals surface area (Å²) in [5, 5.41) is 3.88. The Morgan fingerprint density at radius 1 is 1.14 bits per heavy atom. The van der Waals surface area contributed by atoms with Crippen molar-refractivity contribution < 1.29 is 14.3 Å². The smallest absolute Gasteiger partial charge is 0.328 e. The van der Waals surface area contributed by atoms with Gasteiger partial charge in [0, 0.05) is 23.8 Å². The van der Waals surface area contributed by atoms with Crippen LogP contribution in [0.3, 0.4) is 0 Å². The highest BCUT2D eigenvalue weighted by Gasteiger charge is 2.22. The van der Waals surface area contributed by atoms with Crippen LogP contribution >= 0.6 is 11.8 Å². The average molecular weight is 397 g/mol. The lowest BCUT2D eigenvalue weighted by molar-refractivity contribution is -0.142. The summed E-state index contributed by atoms with van der Waals surface area (Å²) >= 11 is 1.62. The SMILES string of the molecule is COC(=O)C(CCSC)NC(=O)c1ccc2ccn(Cc3ccccc3)c2c1. The monoisotopic (exact) mass is 396 g/mol. The summed E-state index contributed by atoms with van der Waals surface area (Å²) < 4.78 is 6.94. The summed E-state index contributed by atoms with van der Waals surface area (Å²) in [6.45, 7) is 0.730. The van der Waals surface area contributed by atoms with Gasteiger partial charge in [-0.3, -0.25) is 4.79 Å². The average Bonchev–Trinajstić information content (AvgIpc) is 3.13. The van der Waals surface area contributed by atoms with Gasteiger partial charge < -0.3 is 14.6 Å². The van der Waals surface area contributed by atoms with Gasteiger partial charge in [-0.05, 0) is 47.6 Å². The second-order valence-electron chi connectivity index (χ2n) is 6.53. The maximum absolute atomic E-state index is 12.7. The number of esters is 1. The van der Waals surface area contributed by atoms with Crippen molar-refractivity contribution in [3.8, 4) is 0 Å². The molecule has 28 heavy (non-hydrogen) atoms. The number of nitrogens with zero attached hydrogens (tertiary/aromatic N) is 1. The van der Waals surface area contributed by atoms with E-state index in [0.717, 1.165) is 23.2 Å². The number of ether oxygens (including phenoxy) is 1. The van der Waals surface area contributed by atoms with Crippen molar-refractivity contribution in [1.82, 2.24) is 9.88 Å². The van der Waals surface area contributed by atoms with E-state index >= 15 is 0 Å². The molecule has 1 amide bonds. The van der Waals surface area contributed by atoms with Gasteiger partial charge in [0.25, 0.3) is 5.91 Å². The van der Waals surface area contributed by atoms with Crippen molar-refractivity contribution in [1.29, 1.82) is 0 Å². The molecule has 0 bridgehead atoms. The fourth-order valence-electron chi connectivity index (χ4n) is 3.11. The minimum atomic E-state index is -0.642. The number of nitrogens with one attached hydrogen (secondary N) is 1. The summed E-state index contributed by atoms with van der Waals surface area (Å²) in [5.74, 6) is 0.0701. The molecule has 0 fully saturated rings. The van der Waals surface area contributed by atoms with E-state index in [1.165, 1.54) is 12.7 Å². The highest BCUT2D eigenvalue weighted by atomic mass is 32.2. The summed E-state index contributed by atoms with van der Waals surface area (Å²) in [5.41, 5.74) is 2.70. The highest BCUT2D eigenvalue weighted by molar-refractivity contribution is 7.98. The number of methoxy groups -OCH3 is 1. The molecule has 1 unspecified atom stereocenters. The minimum Gasteiger partial charge on any atom is -0.467 e. The molecule has 0 aliphatic heterocycles. The van der Waals surface area contributed by atoms with Crippen LogP contribution in [0.15, 0.2) is 60.8 Å². The molecule has 0 aliphatic rings. The second kappa shape index (κ2) is 9.46. The normalized spacial score (nSPS) is 11.9. The van der Waals surface area contributed by atoms with Crippen LogP contribution in [0.25, 0.3) is 10.9 Å². The molecule has 0 radical (unpaired) electrons. The van der Waals surface area contributed by atoms with E-state index in [1.54, 1.807) is 17.8 Å². The van der Waals surface area contributed by atoms with E-state index in [1.807, 2.05) is 48.9 Å². The van der Waals surface area contributed by atoms with E-state index in [0.29, 0.717) is 12.0 Å². The molecule has 0 spiro atoms. The summed E-state index contributed by atoms with van der Waals surface area (Å²) in [4.78, 5) is 24.7. The summed E-state index contributed by atoms with van der Waals surface area (Å²) in [7, 11) is 1.34. The molecule has 0 aliphatic carbocycles. The molecule has 1 atom stereocenters. The number of amides is 1. The number of thioether (sulfide) groups is 1. The highest BCUT2D eigenvalue weighted by Crippen LogP contribution is 2.19. The van der Waals surface area contributed by atoms with E-state index in [4.69, 9.17) is 4.74 Å². The third-order valence-electron chi connectivity index (χ3n) is 4.63. The number of hydrogen-bond acceptors (Lipinski definition) is 4. The number of benzene rings is 2. The van der Waals surface area contributed by atoms with Crippen molar-refractivity contribution in [2.24, 2.45) is 0 Å². The van der Waals surface area contributed by atoms with Crippen LogP contribution in [-0.2, 0) is 16.1 Å². The van der Waals surface area contributed by atoms with E-state index in [2.05, 4.69) is 22.0 Å². The first-order valence-electron chi connectivity index (χ1n) is 9.13. The Balaban J connectivity index is 1.81. The Kier molecular flexibility index (Phi) is 6.76. The first kappa shape index (κ1) is 20.0. The number of carbonyl (C=O) groups is 2. The fraction of sp³-hybridized carbons (Fsp3) is 0.273. The fourth-order valence-corrected chi connectivity index (χ4v) is 3.58. The number of hydrogen-bond donors (Lipinski definition) is 1. The van der Waals surface area contributed by atoms with Gasteiger partial charge in [-0.1, -0.05) is 36.4 Å². The minimum absolute atomic E-state index is 0.272. The summed E-state index contributed by atoms with van der Waals surface area (Å²) in [6.07, 6.45) is 4.52. The van der Waals surface area contributed by atoms with Crippen molar-refractivity contribution >= 4 is 34.5 Å². The lowest BCUT2D eigenvalue weighted by Gasteiger charge is -2.16. The number of carbonyl (C=O) groups excluding carboxylic acids is 2. The number of aromatic nitrogens is 1. The molecular weight excluding hydrogens is 372 g/mol. The van der Waals surface area contributed by atoms with Crippen molar-refractivity contribution in [2.75, 3.05) is 19.1 Å². The van der Waals surface area contributed by atoms with Gasteiger partial charge >= 0.3 is 5.97 Å². The van der Waals surface area contributed by atoms with Gasteiger partial charge in [0.1, 0.15) is 6.04 Å². The van der Waals surface area contributed by atoms with Crippen LogP contribution in [0.4, 0.5) is 0 Å². The Morgan fingerprint density at radius 3 is 2.64 bits per heavy atom. The van der Waals surface area contributed by atoms with Crippen LogP contribution in [0.1, 0.15) is 22.3 Å². The molecule has 2 aromatic carbocycles. The Bertz CT molecular complexity index is 953. The Morgan fingerprint density at radius 2 is 1.93 bits per heavy atom. The molecule has 1 heterocycles. The molecule has 3 rings (SSSR count). The van der Waals surface area contributed by atoms with Gasteiger partial charge in [0.2, 0.25) is 0 Å². The molecule has 1 aromatic heterocycles. The first-order chi connectivity index (χ1) is 13.6. The predicted molar refractivity (Wildman–Crippen MR) is 114 cm³/mol. The molecule has 1 N–H and O–H groups in total. The second-order valence-corrected chi connectivity index (χ2v) is 7.52. The molecular formula is C22H24N2O3S. The molecule has 146 valence electrons. The molecule has 6 heteroatoms. The Labute approximate surface area is 169 Å². The predicted octanol–water partition coefficient (Wildman–Crippen LogP) is 3.71. The van der Waals surface area contributed by atoms with Crippen LogP contribution in [0.5, 0.6) is 0 Å². The van der Waals surface area contributed by atoms with Gasteiger partial charge in [0.15, 0.2) is 0 Å². The van der Waals surface area contributed by atoms with Gasteiger partial charge in [0.05, 0.1) is 7.11 Å². The van der Waals surface area contributed by atoms with Gasteiger partial charge in [-0.2, -0.15) is 11.8 Å². The zero-order valence-corrected chi connectivity index (χ0v) is 16.9. The molecule has 5 nitrogen and oxygen atoms in total. The largest absolute Gasteiger partial charge is 0.467 e. The van der Waals surface area contributed by atoms with Crippen LogP contribution in [-0.4, -0.2) is 41.6 Å². The standard InChI is InChI=1S/C22H24N2O3S/c1-27-22(26)19(11-13-28-2)23-21(25)18-9-8-17-10-12-24(20(17)14-18)15-16-6-4-3-5-7-16/h3-10,12,14,19H,11,13,15H2,1-2H3,(H,23,25). The van der Waals surface area contributed by atoms with Crippen molar-refractivity contribution in [3.63, 3.8) is 0 Å². The number of fused-ring (bicyclic) bond motifs is 1. The van der Waals surface area contributed by atoms with E-state index < -0.39 is 12.0 Å². The van der Waals surface area contributed by atoms with Gasteiger partial charge in [-0.25, -0.2) is 4.79 Å². The van der Waals surface area contributed by atoms with E-state index in [9.17, 15) is 9.59 Å². The quantitative estimate of drug-likeness (QED) is 0.590. The maximum Gasteiger partial charge on any atom is 0.328 e. The van der Waals surface area contributed by atoms with Crippen molar-refractivity contribution in [3.05, 3.63) is 71.9 Å². The first-order valence-corrected chi connectivity index (χ1v) is 10.5.